The van der Waals surface area contributed by atoms with E-state index in [4.69, 9.17) is 5.73 Å². The molecule has 0 aliphatic carbocycles. The first-order valence-electron chi connectivity index (χ1n) is 5.70. The number of hydrogen-bond acceptors (Lipinski definition) is 2. The van der Waals surface area contributed by atoms with E-state index in [2.05, 4.69) is 18.7 Å². The minimum atomic E-state index is 0.727. The molecular formula is C11H24N2. The van der Waals surface area contributed by atoms with Crippen molar-refractivity contribution in [3.63, 3.8) is 0 Å². The highest BCUT2D eigenvalue weighted by molar-refractivity contribution is 4.77. The molecular weight excluding hydrogens is 160 g/mol. The summed E-state index contributed by atoms with van der Waals surface area (Å²) in [6, 6.07) is 0.727. The SMILES string of the molecule is CC(C)C(CCN)N1CCCCC1. The molecule has 1 rings (SSSR count). The van der Waals surface area contributed by atoms with Gasteiger partial charge in [-0.15, -0.1) is 0 Å². The summed E-state index contributed by atoms with van der Waals surface area (Å²) < 4.78 is 0. The molecule has 0 saturated carbocycles. The number of piperidine rings is 1. The maximum Gasteiger partial charge on any atom is 0.0130 e. The van der Waals surface area contributed by atoms with Crippen LogP contribution in [0, 0.1) is 5.92 Å². The van der Waals surface area contributed by atoms with Crippen LogP contribution in [0.5, 0.6) is 0 Å². The summed E-state index contributed by atoms with van der Waals surface area (Å²) in [5, 5.41) is 0. The van der Waals surface area contributed by atoms with Gasteiger partial charge >= 0.3 is 0 Å². The predicted molar refractivity (Wildman–Crippen MR) is 57.7 cm³/mol. The number of nitrogens with zero attached hydrogens (tertiary/aromatic N) is 1. The van der Waals surface area contributed by atoms with Crippen LogP contribution in [0.4, 0.5) is 0 Å². The normalized spacial score (nSPS) is 22.2. The average molecular weight is 184 g/mol. The van der Waals surface area contributed by atoms with Gasteiger partial charge in [0, 0.05) is 6.04 Å². The van der Waals surface area contributed by atoms with Gasteiger partial charge in [0.05, 0.1) is 0 Å². The fraction of sp³-hybridized carbons (Fsp3) is 1.00. The Morgan fingerprint density at radius 3 is 2.23 bits per heavy atom. The average Bonchev–Trinajstić information content (AvgIpc) is 2.15. The van der Waals surface area contributed by atoms with Gasteiger partial charge in [0.25, 0.3) is 0 Å². The van der Waals surface area contributed by atoms with Crippen LogP contribution in [0.15, 0.2) is 0 Å². The summed E-state index contributed by atoms with van der Waals surface area (Å²) in [6.45, 7) is 8.05. The van der Waals surface area contributed by atoms with Crippen molar-refractivity contribution >= 4 is 0 Å². The molecule has 0 aromatic carbocycles. The van der Waals surface area contributed by atoms with Crippen LogP contribution in [0.25, 0.3) is 0 Å². The fourth-order valence-electron chi connectivity index (χ4n) is 2.36. The lowest BCUT2D eigenvalue weighted by molar-refractivity contribution is 0.122. The molecule has 0 aromatic heterocycles. The van der Waals surface area contributed by atoms with E-state index in [9.17, 15) is 0 Å². The molecule has 0 spiro atoms. The van der Waals surface area contributed by atoms with Crippen molar-refractivity contribution in [1.82, 2.24) is 4.90 Å². The first-order valence-corrected chi connectivity index (χ1v) is 5.70. The summed E-state index contributed by atoms with van der Waals surface area (Å²) in [5.41, 5.74) is 5.65. The minimum absolute atomic E-state index is 0.727. The molecule has 2 N–H and O–H groups in total. The van der Waals surface area contributed by atoms with Crippen molar-refractivity contribution < 1.29 is 0 Å². The van der Waals surface area contributed by atoms with E-state index in [-0.39, 0.29) is 0 Å². The van der Waals surface area contributed by atoms with Crippen molar-refractivity contribution in [1.29, 1.82) is 0 Å². The largest absolute Gasteiger partial charge is 0.330 e. The summed E-state index contributed by atoms with van der Waals surface area (Å²) >= 11 is 0. The second kappa shape index (κ2) is 5.61. The van der Waals surface area contributed by atoms with E-state index in [1.807, 2.05) is 0 Å². The molecule has 2 nitrogen and oxygen atoms in total. The van der Waals surface area contributed by atoms with Gasteiger partial charge in [-0.05, 0) is 44.8 Å². The van der Waals surface area contributed by atoms with Crippen LogP contribution in [0.1, 0.15) is 39.5 Å². The van der Waals surface area contributed by atoms with Gasteiger partial charge in [0.2, 0.25) is 0 Å². The van der Waals surface area contributed by atoms with Gasteiger partial charge in [0.15, 0.2) is 0 Å². The maximum atomic E-state index is 5.65. The van der Waals surface area contributed by atoms with E-state index in [1.165, 1.54) is 32.4 Å². The molecule has 1 saturated heterocycles. The van der Waals surface area contributed by atoms with Gasteiger partial charge < -0.3 is 10.6 Å². The summed E-state index contributed by atoms with van der Waals surface area (Å²) in [6.07, 6.45) is 5.35. The Morgan fingerprint density at radius 2 is 1.77 bits per heavy atom. The number of hydrogen-bond donors (Lipinski definition) is 1. The maximum absolute atomic E-state index is 5.65. The van der Waals surface area contributed by atoms with Crippen LogP contribution in [0.3, 0.4) is 0 Å². The van der Waals surface area contributed by atoms with Crippen LogP contribution < -0.4 is 5.73 Å². The Labute approximate surface area is 82.5 Å². The molecule has 1 aliphatic rings. The van der Waals surface area contributed by atoms with Gasteiger partial charge in [0.1, 0.15) is 0 Å². The zero-order chi connectivity index (χ0) is 9.68. The zero-order valence-electron chi connectivity index (χ0n) is 9.13. The summed E-state index contributed by atoms with van der Waals surface area (Å²) in [4.78, 5) is 2.64. The number of rotatable bonds is 4. The molecule has 1 unspecified atom stereocenters. The molecule has 0 amide bonds. The van der Waals surface area contributed by atoms with E-state index in [1.54, 1.807) is 0 Å². The Kier molecular flexibility index (Phi) is 4.74. The summed E-state index contributed by atoms with van der Waals surface area (Å²) in [5.74, 6) is 0.752. The number of nitrogens with two attached hydrogens (primary N) is 1. The van der Waals surface area contributed by atoms with Gasteiger partial charge in [-0.3, -0.25) is 0 Å². The molecule has 13 heavy (non-hydrogen) atoms. The van der Waals surface area contributed by atoms with Crippen molar-refractivity contribution in [2.45, 2.75) is 45.6 Å². The highest BCUT2D eigenvalue weighted by atomic mass is 15.2. The van der Waals surface area contributed by atoms with Gasteiger partial charge in [-0.1, -0.05) is 20.3 Å². The monoisotopic (exact) mass is 184 g/mol. The van der Waals surface area contributed by atoms with E-state index in [0.29, 0.717) is 0 Å². The number of likely N-dealkylation sites (tertiary alicyclic amines) is 1. The molecule has 0 bridgehead atoms. The Bertz CT molecular complexity index is 128. The van der Waals surface area contributed by atoms with E-state index < -0.39 is 0 Å². The van der Waals surface area contributed by atoms with Crippen molar-refractivity contribution in [2.75, 3.05) is 19.6 Å². The molecule has 0 aromatic rings. The molecule has 1 heterocycles. The molecule has 1 fully saturated rings. The molecule has 1 atom stereocenters. The van der Waals surface area contributed by atoms with Crippen LogP contribution in [0.2, 0.25) is 0 Å². The van der Waals surface area contributed by atoms with Gasteiger partial charge in [-0.25, -0.2) is 0 Å². The third-order valence-electron chi connectivity index (χ3n) is 3.09. The topological polar surface area (TPSA) is 29.3 Å². The fourth-order valence-corrected chi connectivity index (χ4v) is 2.36. The molecule has 1 aliphatic heterocycles. The van der Waals surface area contributed by atoms with Crippen LogP contribution in [-0.4, -0.2) is 30.6 Å². The van der Waals surface area contributed by atoms with Crippen molar-refractivity contribution in [2.24, 2.45) is 11.7 Å². The Hall–Kier alpha value is -0.0800. The molecule has 0 radical (unpaired) electrons. The first-order chi connectivity index (χ1) is 6.25. The minimum Gasteiger partial charge on any atom is -0.330 e. The highest BCUT2D eigenvalue weighted by Gasteiger charge is 2.22. The Morgan fingerprint density at radius 1 is 1.15 bits per heavy atom. The smallest absolute Gasteiger partial charge is 0.0130 e. The molecule has 78 valence electrons. The second-order valence-electron chi connectivity index (χ2n) is 4.49. The highest BCUT2D eigenvalue weighted by Crippen LogP contribution is 2.19. The summed E-state index contributed by atoms with van der Waals surface area (Å²) in [7, 11) is 0. The van der Waals surface area contributed by atoms with Crippen LogP contribution in [-0.2, 0) is 0 Å². The molecule has 2 heteroatoms. The van der Waals surface area contributed by atoms with E-state index >= 15 is 0 Å². The quantitative estimate of drug-likeness (QED) is 0.722. The van der Waals surface area contributed by atoms with Crippen LogP contribution >= 0.6 is 0 Å². The third-order valence-corrected chi connectivity index (χ3v) is 3.09. The lowest BCUT2D eigenvalue weighted by Crippen LogP contribution is -2.43. The second-order valence-corrected chi connectivity index (χ2v) is 4.49. The van der Waals surface area contributed by atoms with Crippen molar-refractivity contribution in [3.05, 3.63) is 0 Å². The van der Waals surface area contributed by atoms with E-state index in [0.717, 1.165) is 24.9 Å². The van der Waals surface area contributed by atoms with Gasteiger partial charge in [-0.2, -0.15) is 0 Å². The lowest BCUT2D eigenvalue weighted by Gasteiger charge is -2.36. The zero-order valence-corrected chi connectivity index (χ0v) is 9.13. The third kappa shape index (κ3) is 3.28. The Balaban J connectivity index is 2.41. The predicted octanol–water partition coefficient (Wildman–Crippen LogP) is 1.85. The standard InChI is InChI=1S/C11H24N2/c1-10(2)11(6-7-12)13-8-4-3-5-9-13/h10-11H,3-9,12H2,1-2H3. The lowest BCUT2D eigenvalue weighted by atomic mass is 9.96. The first kappa shape index (κ1) is 11.0. The van der Waals surface area contributed by atoms with Crippen molar-refractivity contribution in [3.8, 4) is 0 Å².